The van der Waals surface area contributed by atoms with E-state index in [2.05, 4.69) is 0 Å². The molecule has 0 aliphatic rings. The van der Waals surface area contributed by atoms with Gasteiger partial charge in [-0.2, -0.15) is 13.2 Å². The van der Waals surface area contributed by atoms with Gasteiger partial charge in [0.2, 0.25) is 5.52 Å². The third-order valence-corrected chi connectivity index (χ3v) is 2.70. The minimum absolute atomic E-state index is 0.272. The van der Waals surface area contributed by atoms with Crippen molar-refractivity contribution in [3.8, 4) is 0 Å². The Hall–Kier alpha value is -1.45. The van der Waals surface area contributed by atoms with Gasteiger partial charge in [0.25, 0.3) is 10.5 Å². The smallest absolute Gasteiger partial charge is 0.418 e. The van der Waals surface area contributed by atoms with Gasteiger partial charge in [0.05, 0.1) is 10.6 Å². The molecular weight excluding hydrogens is 338 g/mol. The quantitative estimate of drug-likeness (QED) is 0.319. The molecule has 4 nitrogen and oxygen atoms in total. The fourth-order valence-corrected chi connectivity index (χ4v) is 1.87. The first-order valence-corrected chi connectivity index (χ1v) is 6.89. The fourth-order valence-electron chi connectivity index (χ4n) is 1.59. The number of benzene rings is 1. The second-order valence-corrected chi connectivity index (χ2v) is 5.09. The molecule has 0 N–H and O–H groups in total. The largest absolute Gasteiger partial charge is 0.722 e. The number of halogens is 5. The number of hydrogen-bond acceptors (Lipinski definition) is 3. The highest BCUT2D eigenvalue weighted by molar-refractivity contribution is 7.80. The summed E-state index contributed by atoms with van der Waals surface area (Å²) in [6.45, 7) is 0. The van der Waals surface area contributed by atoms with Crippen molar-refractivity contribution in [3.63, 3.8) is 0 Å². The topological polar surface area (TPSA) is 61.1 Å². The van der Waals surface area contributed by atoms with Crippen LogP contribution in [-0.4, -0.2) is 13.0 Å². The van der Waals surface area contributed by atoms with Gasteiger partial charge in [-0.3, -0.25) is 0 Å². The van der Waals surface area contributed by atoms with Gasteiger partial charge in [0.15, 0.2) is 6.20 Å². The van der Waals surface area contributed by atoms with Crippen LogP contribution in [0.3, 0.4) is 0 Å². The van der Waals surface area contributed by atoms with E-state index in [0.29, 0.717) is 10.9 Å². The molecule has 2 rings (SSSR count). The van der Waals surface area contributed by atoms with E-state index in [-0.39, 0.29) is 5.02 Å². The summed E-state index contributed by atoms with van der Waals surface area (Å²) in [5, 5.41) is 0.411. The molecule has 0 fully saturated rings. The van der Waals surface area contributed by atoms with Crippen molar-refractivity contribution in [2.75, 3.05) is 0 Å². The summed E-state index contributed by atoms with van der Waals surface area (Å²) in [6, 6.07) is 5.88. The molecule has 1 aromatic carbocycles. The molecule has 116 valence electrons. The van der Waals surface area contributed by atoms with Crippen LogP contribution in [0.2, 0.25) is 5.02 Å². The highest BCUT2D eigenvalue weighted by atomic mass is 35.5. The van der Waals surface area contributed by atoms with Crippen LogP contribution in [0, 0.1) is 0 Å². The van der Waals surface area contributed by atoms with Crippen molar-refractivity contribution in [3.05, 3.63) is 41.0 Å². The first-order valence-electron chi connectivity index (χ1n) is 5.20. The third-order valence-electron chi connectivity index (χ3n) is 2.39. The van der Waals surface area contributed by atoms with Gasteiger partial charge >= 0.3 is 6.18 Å². The van der Waals surface area contributed by atoms with Crippen molar-refractivity contribution in [2.45, 2.75) is 6.18 Å². The zero-order chi connectivity index (χ0) is 16.4. The summed E-state index contributed by atoms with van der Waals surface area (Å²) in [6.07, 6.45) is -2.73. The number of aromatic nitrogens is 1. The molecule has 10 heteroatoms. The Morgan fingerprint density at radius 1 is 1.29 bits per heavy atom. The first kappa shape index (κ1) is 17.6. The molecule has 0 aliphatic carbocycles. The first-order chi connectivity index (χ1) is 9.39. The van der Waals surface area contributed by atoms with Crippen LogP contribution in [0.5, 0.6) is 0 Å². The Bertz CT molecular complexity index is 754. The molecule has 0 amide bonds. The van der Waals surface area contributed by atoms with Gasteiger partial charge < -0.3 is 4.55 Å². The van der Waals surface area contributed by atoms with Crippen molar-refractivity contribution in [1.82, 2.24) is 0 Å². The van der Waals surface area contributed by atoms with Crippen molar-refractivity contribution < 1.29 is 34.6 Å². The lowest BCUT2D eigenvalue weighted by Gasteiger charge is -2.08. The highest BCUT2D eigenvalue weighted by Gasteiger charge is 2.34. The van der Waals surface area contributed by atoms with E-state index in [1.54, 1.807) is 29.9 Å². The van der Waals surface area contributed by atoms with Gasteiger partial charge in [-0.25, -0.2) is 13.0 Å². The second kappa shape index (κ2) is 6.12. The zero-order valence-corrected chi connectivity index (χ0v) is 11.9. The Labute approximate surface area is 122 Å². The lowest BCUT2D eigenvalue weighted by molar-refractivity contribution is -0.644. The summed E-state index contributed by atoms with van der Waals surface area (Å²) < 4.78 is 74.8. The molecule has 0 atom stereocenters. The van der Waals surface area contributed by atoms with E-state index in [0.717, 1.165) is 6.07 Å². The summed E-state index contributed by atoms with van der Waals surface area (Å²) in [7, 11) is -3.73. The maximum absolute atomic E-state index is 12.6. The molecule has 1 aromatic heterocycles. The normalized spacial score (nSPS) is 12.0. The molecule has 21 heavy (non-hydrogen) atoms. The lowest BCUT2D eigenvalue weighted by atomic mass is 10.1. The summed E-state index contributed by atoms with van der Waals surface area (Å²) in [4.78, 5) is 0. The predicted molar refractivity (Wildman–Crippen MR) is 65.9 cm³/mol. The van der Waals surface area contributed by atoms with Crippen LogP contribution in [-0.2, 0) is 23.7 Å². The van der Waals surface area contributed by atoms with E-state index in [1.807, 2.05) is 0 Å². The number of pyridine rings is 1. The molecule has 0 radical (unpaired) electrons. The molecule has 2 aromatic rings. The molecule has 0 spiro atoms. The second-order valence-electron chi connectivity index (χ2n) is 3.90. The summed E-state index contributed by atoms with van der Waals surface area (Å²) in [5.41, 5.74) is -0.303. The van der Waals surface area contributed by atoms with Crippen LogP contribution >= 0.6 is 11.6 Å². The standard InChI is InChI=1S/C11H8ClF3N.FHO3S/c1-16-4-2-3-7-5-9(12)8(6-10(7)16)11(13,14)15;1-5(2,3)4/h2-6H,1H3;(H,2,3,4)/q+1;/p-1. The number of fused-ring (bicyclic) bond motifs is 1. The number of aryl methyl sites for hydroxylation is 1. The predicted octanol–water partition coefficient (Wildman–Crippen LogP) is 2.75. The van der Waals surface area contributed by atoms with Crippen molar-refractivity contribution >= 4 is 33.0 Å². The van der Waals surface area contributed by atoms with Crippen LogP contribution in [0.1, 0.15) is 5.56 Å². The highest BCUT2D eigenvalue weighted by Crippen LogP contribution is 2.36. The Morgan fingerprint density at radius 3 is 2.29 bits per heavy atom. The van der Waals surface area contributed by atoms with Crippen molar-refractivity contribution in [1.29, 1.82) is 0 Å². The summed E-state index contributed by atoms with van der Waals surface area (Å²) >= 11 is 5.61. The Balaban J connectivity index is 0.000000383. The number of rotatable bonds is 0. The lowest BCUT2D eigenvalue weighted by Crippen LogP contribution is -2.28. The molecule has 1 heterocycles. The summed E-state index contributed by atoms with van der Waals surface area (Å²) in [5.74, 6) is 0. The number of hydrogen-bond donors (Lipinski definition) is 0. The fraction of sp³-hybridized carbons (Fsp3) is 0.182. The van der Waals surface area contributed by atoms with Crippen LogP contribution in [0.4, 0.5) is 17.1 Å². The van der Waals surface area contributed by atoms with E-state index in [1.165, 1.54) is 6.07 Å². The molecule has 0 bridgehead atoms. The van der Waals surface area contributed by atoms with E-state index in [9.17, 15) is 17.1 Å². The van der Waals surface area contributed by atoms with Crippen LogP contribution < -0.4 is 4.57 Å². The molecule has 0 unspecified atom stereocenters. The minimum Gasteiger partial charge on any atom is -0.722 e. The van der Waals surface area contributed by atoms with Gasteiger partial charge in [-0.05, 0) is 12.1 Å². The molecule has 0 saturated carbocycles. The number of nitrogens with zero attached hydrogens (tertiary/aromatic N) is 1. The average Bonchev–Trinajstić information content (AvgIpc) is 2.24. The van der Waals surface area contributed by atoms with Crippen LogP contribution in [0.25, 0.3) is 10.9 Å². The van der Waals surface area contributed by atoms with Gasteiger partial charge in [-0.15, -0.1) is 3.89 Å². The van der Waals surface area contributed by atoms with E-state index < -0.39 is 22.2 Å². The monoisotopic (exact) mass is 345 g/mol. The maximum atomic E-state index is 12.6. The molecular formula is C11H8ClF4NO3S. The van der Waals surface area contributed by atoms with Gasteiger partial charge in [0, 0.05) is 17.5 Å². The van der Waals surface area contributed by atoms with Gasteiger partial charge in [-0.1, -0.05) is 11.6 Å². The number of alkyl halides is 3. The Morgan fingerprint density at radius 2 is 1.81 bits per heavy atom. The third kappa shape index (κ3) is 5.44. The SMILES string of the molecule is C[n+]1cccc2cc(Cl)c(C(F)(F)F)cc21.O=S(=O)([O-])F. The van der Waals surface area contributed by atoms with Crippen molar-refractivity contribution in [2.24, 2.45) is 7.05 Å². The van der Waals surface area contributed by atoms with Gasteiger partial charge in [0.1, 0.15) is 7.05 Å². The van der Waals surface area contributed by atoms with E-state index in [4.69, 9.17) is 24.6 Å². The molecule has 0 aliphatic heterocycles. The minimum atomic E-state index is -5.42. The average molecular weight is 346 g/mol. The Kier molecular flexibility index (Phi) is 5.13. The van der Waals surface area contributed by atoms with E-state index >= 15 is 0 Å². The zero-order valence-electron chi connectivity index (χ0n) is 10.4. The molecule has 0 saturated heterocycles. The van der Waals surface area contributed by atoms with Crippen LogP contribution in [0.15, 0.2) is 30.5 Å². The maximum Gasteiger partial charge on any atom is 0.418 e.